The van der Waals surface area contributed by atoms with Crippen molar-refractivity contribution in [2.24, 2.45) is 0 Å². The molecule has 2 fully saturated rings. The number of anilines is 1. The summed E-state index contributed by atoms with van der Waals surface area (Å²) in [5, 5.41) is 0.763. The molecule has 3 atom stereocenters. The first-order valence-electron chi connectivity index (χ1n) is 9.13. The molecule has 138 valence electrons. The van der Waals surface area contributed by atoms with Gasteiger partial charge in [-0.05, 0) is 39.0 Å². The summed E-state index contributed by atoms with van der Waals surface area (Å²) in [6.07, 6.45) is 0.221. The van der Waals surface area contributed by atoms with Crippen LogP contribution in [0.3, 0.4) is 0 Å². The fraction of sp³-hybridized carbons (Fsp3) is 0.632. The van der Waals surface area contributed by atoms with Crippen molar-refractivity contribution in [3.05, 3.63) is 29.3 Å². The monoisotopic (exact) mass is 365 g/mol. The lowest BCUT2D eigenvalue weighted by atomic mass is 10.1. The molecule has 25 heavy (non-hydrogen) atoms. The Morgan fingerprint density at radius 2 is 1.80 bits per heavy atom. The molecule has 2 aliphatic heterocycles. The number of rotatable bonds is 3. The SMILES string of the molecule is C[C@@H]1CN(C(=O)[C@H](C)N2CCN(c3cccc(Cl)c3)CC2)C[C@@H](C)O1. The van der Waals surface area contributed by atoms with Crippen LogP contribution in [0.5, 0.6) is 0 Å². The van der Waals surface area contributed by atoms with Crippen molar-refractivity contribution in [1.29, 1.82) is 0 Å². The minimum absolute atomic E-state index is 0.0842. The Bertz CT molecular complexity index is 594. The Labute approximate surface area is 155 Å². The molecule has 2 heterocycles. The van der Waals surface area contributed by atoms with E-state index >= 15 is 0 Å². The third kappa shape index (κ3) is 4.46. The first-order chi connectivity index (χ1) is 11.9. The summed E-state index contributed by atoms with van der Waals surface area (Å²) in [7, 11) is 0. The lowest BCUT2D eigenvalue weighted by Gasteiger charge is -2.42. The third-order valence-electron chi connectivity index (χ3n) is 5.12. The van der Waals surface area contributed by atoms with Gasteiger partial charge in [-0.2, -0.15) is 0 Å². The summed E-state index contributed by atoms with van der Waals surface area (Å²) in [6.45, 7) is 11.1. The highest BCUT2D eigenvalue weighted by Gasteiger charge is 2.32. The maximum Gasteiger partial charge on any atom is 0.239 e. The number of ether oxygens (including phenoxy) is 1. The van der Waals surface area contributed by atoms with E-state index in [4.69, 9.17) is 16.3 Å². The number of morpholine rings is 1. The summed E-state index contributed by atoms with van der Waals surface area (Å²) in [4.78, 5) is 19.5. The molecule has 1 amide bonds. The molecule has 0 N–H and O–H groups in total. The molecular formula is C19H28ClN3O2. The van der Waals surface area contributed by atoms with Gasteiger partial charge in [-0.3, -0.25) is 9.69 Å². The second-order valence-electron chi connectivity index (χ2n) is 7.18. The summed E-state index contributed by atoms with van der Waals surface area (Å²) < 4.78 is 5.74. The predicted molar refractivity (Wildman–Crippen MR) is 101 cm³/mol. The first-order valence-corrected chi connectivity index (χ1v) is 9.50. The first kappa shape index (κ1) is 18.5. The third-order valence-corrected chi connectivity index (χ3v) is 5.36. The minimum atomic E-state index is -0.0842. The fourth-order valence-corrected chi connectivity index (χ4v) is 4.00. The van der Waals surface area contributed by atoms with Crippen molar-refractivity contribution in [3.8, 4) is 0 Å². The van der Waals surface area contributed by atoms with Crippen molar-refractivity contribution in [2.75, 3.05) is 44.2 Å². The van der Waals surface area contributed by atoms with Gasteiger partial charge in [0.15, 0.2) is 0 Å². The maximum atomic E-state index is 12.9. The van der Waals surface area contributed by atoms with Gasteiger partial charge in [0.2, 0.25) is 5.91 Å². The van der Waals surface area contributed by atoms with E-state index in [1.165, 1.54) is 0 Å². The van der Waals surface area contributed by atoms with Gasteiger partial charge in [-0.15, -0.1) is 0 Å². The topological polar surface area (TPSA) is 36.0 Å². The summed E-state index contributed by atoms with van der Waals surface area (Å²) in [6, 6.07) is 7.89. The van der Waals surface area contributed by atoms with E-state index in [0.717, 1.165) is 36.9 Å². The standard InChI is InChI=1S/C19H28ClN3O2/c1-14-12-23(13-15(2)25-14)19(24)16(3)21-7-9-22(10-8-21)18-6-4-5-17(20)11-18/h4-6,11,14-16H,7-10,12-13H2,1-3H3/t14-,15-,16+/m1/s1. The molecule has 0 aliphatic carbocycles. The highest BCUT2D eigenvalue weighted by molar-refractivity contribution is 6.30. The van der Waals surface area contributed by atoms with Crippen molar-refractivity contribution in [3.63, 3.8) is 0 Å². The molecule has 1 aromatic rings. The van der Waals surface area contributed by atoms with Crippen LogP contribution < -0.4 is 4.90 Å². The van der Waals surface area contributed by atoms with E-state index in [-0.39, 0.29) is 24.2 Å². The lowest BCUT2D eigenvalue weighted by Crippen LogP contribution is -2.57. The zero-order valence-corrected chi connectivity index (χ0v) is 16.1. The number of halogens is 1. The van der Waals surface area contributed by atoms with E-state index in [9.17, 15) is 4.79 Å². The molecule has 6 heteroatoms. The Hall–Kier alpha value is -1.30. The second kappa shape index (κ2) is 7.94. The van der Waals surface area contributed by atoms with Crippen LogP contribution in [0.15, 0.2) is 24.3 Å². The number of carbonyl (C=O) groups is 1. The van der Waals surface area contributed by atoms with E-state index in [2.05, 4.69) is 15.9 Å². The van der Waals surface area contributed by atoms with Gasteiger partial charge in [0.05, 0.1) is 18.2 Å². The number of amides is 1. The van der Waals surface area contributed by atoms with Crippen LogP contribution in [0.25, 0.3) is 0 Å². The van der Waals surface area contributed by atoms with Crippen molar-refractivity contribution >= 4 is 23.2 Å². The molecule has 2 aliphatic rings. The number of benzene rings is 1. The Morgan fingerprint density at radius 1 is 1.16 bits per heavy atom. The normalized spacial score (nSPS) is 26.6. The number of hydrogen-bond donors (Lipinski definition) is 0. The predicted octanol–water partition coefficient (Wildman–Crippen LogP) is 2.49. The van der Waals surface area contributed by atoms with E-state index in [1.54, 1.807) is 0 Å². The van der Waals surface area contributed by atoms with Crippen molar-refractivity contribution < 1.29 is 9.53 Å². The van der Waals surface area contributed by atoms with Crippen LogP contribution in [0.1, 0.15) is 20.8 Å². The van der Waals surface area contributed by atoms with Gasteiger partial charge in [-0.1, -0.05) is 17.7 Å². The number of carbonyl (C=O) groups excluding carboxylic acids is 1. The van der Waals surface area contributed by atoms with Gasteiger partial charge >= 0.3 is 0 Å². The van der Waals surface area contributed by atoms with Crippen LogP contribution in [0.2, 0.25) is 5.02 Å². The summed E-state index contributed by atoms with van der Waals surface area (Å²) >= 11 is 6.10. The highest BCUT2D eigenvalue weighted by Crippen LogP contribution is 2.22. The molecule has 0 bridgehead atoms. The average molecular weight is 366 g/mol. The fourth-order valence-electron chi connectivity index (χ4n) is 3.82. The molecule has 0 spiro atoms. The molecule has 0 saturated carbocycles. The molecular weight excluding hydrogens is 338 g/mol. The van der Waals surface area contributed by atoms with Gasteiger partial charge in [0.1, 0.15) is 0 Å². The zero-order valence-electron chi connectivity index (χ0n) is 15.3. The van der Waals surface area contributed by atoms with E-state index < -0.39 is 0 Å². The smallest absolute Gasteiger partial charge is 0.239 e. The van der Waals surface area contributed by atoms with Crippen molar-refractivity contribution in [2.45, 2.75) is 39.0 Å². The second-order valence-corrected chi connectivity index (χ2v) is 7.62. The van der Waals surface area contributed by atoms with Crippen molar-refractivity contribution in [1.82, 2.24) is 9.80 Å². The average Bonchev–Trinajstić information content (AvgIpc) is 2.60. The maximum absolute atomic E-state index is 12.9. The Kier molecular flexibility index (Phi) is 5.87. The van der Waals surface area contributed by atoms with E-state index in [0.29, 0.717) is 13.1 Å². The van der Waals surface area contributed by atoms with Crippen LogP contribution in [-0.2, 0) is 9.53 Å². The largest absolute Gasteiger partial charge is 0.372 e. The molecule has 1 aromatic carbocycles. The van der Waals surface area contributed by atoms with Gasteiger partial charge < -0.3 is 14.5 Å². The van der Waals surface area contributed by atoms with Gasteiger partial charge in [0, 0.05) is 50.0 Å². The lowest BCUT2D eigenvalue weighted by molar-refractivity contribution is -0.148. The van der Waals surface area contributed by atoms with Gasteiger partial charge in [-0.25, -0.2) is 0 Å². The van der Waals surface area contributed by atoms with Gasteiger partial charge in [0.25, 0.3) is 0 Å². The van der Waals surface area contributed by atoms with Crippen LogP contribution in [0.4, 0.5) is 5.69 Å². The Morgan fingerprint density at radius 3 is 2.40 bits per heavy atom. The number of nitrogens with zero attached hydrogens (tertiary/aromatic N) is 3. The minimum Gasteiger partial charge on any atom is -0.372 e. The molecule has 0 radical (unpaired) electrons. The highest BCUT2D eigenvalue weighted by atomic mass is 35.5. The summed E-state index contributed by atoms with van der Waals surface area (Å²) in [5.74, 6) is 0.221. The van der Waals surface area contributed by atoms with Crippen LogP contribution in [-0.4, -0.2) is 73.2 Å². The number of hydrogen-bond acceptors (Lipinski definition) is 4. The Balaban J connectivity index is 1.56. The molecule has 2 saturated heterocycles. The molecule has 0 unspecified atom stereocenters. The molecule has 3 rings (SSSR count). The molecule has 5 nitrogen and oxygen atoms in total. The van der Waals surface area contributed by atoms with E-state index in [1.807, 2.05) is 43.9 Å². The van der Waals surface area contributed by atoms with Crippen LogP contribution >= 0.6 is 11.6 Å². The zero-order chi connectivity index (χ0) is 18.0. The quantitative estimate of drug-likeness (QED) is 0.824. The van der Waals surface area contributed by atoms with Crippen LogP contribution in [0, 0.1) is 0 Å². The summed E-state index contributed by atoms with van der Waals surface area (Å²) in [5.41, 5.74) is 1.15. The molecule has 0 aromatic heterocycles. The number of piperazine rings is 1.